The molecule has 1 aliphatic rings. The number of hydrogen-bond acceptors (Lipinski definition) is 5. The van der Waals surface area contributed by atoms with Gasteiger partial charge in [-0.25, -0.2) is 9.18 Å². The van der Waals surface area contributed by atoms with Crippen molar-refractivity contribution in [3.05, 3.63) is 52.0 Å². The number of hydrazone groups is 1. The molecule has 1 fully saturated rings. The van der Waals surface area contributed by atoms with Gasteiger partial charge < -0.3 is 4.74 Å². The van der Waals surface area contributed by atoms with E-state index in [1.54, 1.807) is 23.6 Å². The van der Waals surface area contributed by atoms with Gasteiger partial charge in [0, 0.05) is 5.92 Å². The van der Waals surface area contributed by atoms with Crippen LogP contribution in [0.5, 0.6) is 0 Å². The summed E-state index contributed by atoms with van der Waals surface area (Å²) in [6.45, 7) is 0. The van der Waals surface area contributed by atoms with E-state index in [2.05, 4.69) is 10.5 Å². The summed E-state index contributed by atoms with van der Waals surface area (Å²) < 4.78 is 17.8. The van der Waals surface area contributed by atoms with Gasteiger partial charge in [0.1, 0.15) is 10.7 Å². The van der Waals surface area contributed by atoms with Crippen LogP contribution >= 0.6 is 11.3 Å². The zero-order valence-electron chi connectivity index (χ0n) is 12.0. The number of anilines is 1. The van der Waals surface area contributed by atoms with Crippen molar-refractivity contribution in [1.82, 2.24) is 0 Å². The molecule has 0 aliphatic heterocycles. The molecular formula is C16H15FN2O2S. The third kappa shape index (κ3) is 3.17. The van der Waals surface area contributed by atoms with Gasteiger partial charge >= 0.3 is 5.97 Å². The van der Waals surface area contributed by atoms with E-state index in [1.807, 2.05) is 0 Å². The molecule has 1 aromatic heterocycles. The largest absolute Gasteiger partial charge is 0.465 e. The molecule has 1 saturated carbocycles. The molecule has 114 valence electrons. The number of carbonyl (C=O) groups is 1. The molecule has 0 amide bonds. The molecule has 0 atom stereocenters. The van der Waals surface area contributed by atoms with Crippen LogP contribution in [0.1, 0.15) is 28.1 Å². The Kier molecular flexibility index (Phi) is 4.20. The lowest BCUT2D eigenvalue weighted by Gasteiger charge is -2.07. The average Bonchev–Trinajstić information content (AvgIpc) is 3.26. The summed E-state index contributed by atoms with van der Waals surface area (Å²) in [7, 11) is 1.35. The van der Waals surface area contributed by atoms with E-state index < -0.39 is 0 Å². The maximum absolute atomic E-state index is 13.1. The number of benzene rings is 1. The first-order valence-electron chi connectivity index (χ1n) is 6.94. The van der Waals surface area contributed by atoms with E-state index in [0.717, 1.165) is 24.1 Å². The molecule has 2 aromatic rings. The zero-order valence-corrected chi connectivity index (χ0v) is 12.8. The van der Waals surface area contributed by atoms with Crippen LogP contribution in [-0.4, -0.2) is 18.8 Å². The van der Waals surface area contributed by atoms with Crippen molar-refractivity contribution >= 4 is 28.7 Å². The molecule has 1 heterocycles. The molecule has 0 saturated heterocycles. The minimum absolute atomic E-state index is 0.266. The van der Waals surface area contributed by atoms with Gasteiger partial charge in [-0.05, 0) is 42.0 Å². The Labute approximate surface area is 131 Å². The highest BCUT2D eigenvalue weighted by molar-refractivity contribution is 7.12. The average molecular weight is 318 g/mol. The van der Waals surface area contributed by atoms with Crippen molar-refractivity contribution in [2.45, 2.75) is 12.8 Å². The molecule has 1 aromatic carbocycles. The molecule has 1 N–H and O–H groups in total. The fraction of sp³-hybridized carbons (Fsp3) is 0.250. The normalized spacial score (nSPS) is 14.7. The van der Waals surface area contributed by atoms with Crippen LogP contribution in [0.4, 0.5) is 10.1 Å². The summed E-state index contributed by atoms with van der Waals surface area (Å²) in [5, 5.41) is 6.25. The number of hydrogen-bond donors (Lipinski definition) is 1. The summed E-state index contributed by atoms with van der Waals surface area (Å²) in [4.78, 5) is 12.1. The van der Waals surface area contributed by atoms with Crippen molar-refractivity contribution in [1.29, 1.82) is 0 Å². The summed E-state index contributed by atoms with van der Waals surface area (Å²) in [5.41, 5.74) is 5.35. The van der Waals surface area contributed by atoms with Crippen LogP contribution in [0.15, 0.2) is 40.8 Å². The molecule has 22 heavy (non-hydrogen) atoms. The predicted octanol–water partition coefficient (Wildman–Crippen LogP) is 3.90. The minimum atomic E-state index is -0.387. The molecule has 1 aliphatic carbocycles. The minimum Gasteiger partial charge on any atom is -0.465 e. The molecule has 0 radical (unpaired) electrons. The third-order valence-corrected chi connectivity index (χ3v) is 4.33. The van der Waals surface area contributed by atoms with Gasteiger partial charge in [-0.3, -0.25) is 5.43 Å². The smallest absolute Gasteiger partial charge is 0.350 e. The number of esters is 1. The number of thiophene rings is 1. The second-order valence-corrected chi connectivity index (χ2v) is 5.96. The van der Waals surface area contributed by atoms with Crippen LogP contribution in [-0.2, 0) is 4.74 Å². The van der Waals surface area contributed by atoms with Gasteiger partial charge in [-0.1, -0.05) is 12.1 Å². The molecule has 4 nitrogen and oxygen atoms in total. The second-order valence-electron chi connectivity index (χ2n) is 5.04. The first-order chi connectivity index (χ1) is 10.7. The van der Waals surface area contributed by atoms with Crippen molar-refractivity contribution in [3.63, 3.8) is 0 Å². The van der Waals surface area contributed by atoms with Crippen LogP contribution < -0.4 is 5.43 Å². The Balaban J connectivity index is 1.84. The van der Waals surface area contributed by atoms with E-state index in [4.69, 9.17) is 4.74 Å². The van der Waals surface area contributed by atoms with Gasteiger partial charge in [-0.2, -0.15) is 5.10 Å². The lowest BCUT2D eigenvalue weighted by atomic mass is 10.1. The highest BCUT2D eigenvalue weighted by Crippen LogP contribution is 2.34. The number of ether oxygens (including phenoxy) is 1. The van der Waals surface area contributed by atoms with Crippen molar-refractivity contribution in [2.24, 2.45) is 11.0 Å². The Morgan fingerprint density at radius 2 is 2.05 bits per heavy atom. The second kappa shape index (κ2) is 6.27. The van der Waals surface area contributed by atoms with Crippen LogP contribution in [0.2, 0.25) is 0 Å². The van der Waals surface area contributed by atoms with Gasteiger partial charge in [0.15, 0.2) is 0 Å². The number of nitrogens with zero attached hydrogens (tertiary/aromatic N) is 1. The number of rotatable bonds is 5. The Hall–Kier alpha value is -2.21. The molecule has 3 rings (SSSR count). The van der Waals surface area contributed by atoms with Gasteiger partial charge in [0.25, 0.3) is 0 Å². The number of carbonyl (C=O) groups excluding carboxylic acids is 1. The van der Waals surface area contributed by atoms with Gasteiger partial charge in [0.05, 0.1) is 18.5 Å². The van der Waals surface area contributed by atoms with Crippen molar-refractivity contribution < 1.29 is 13.9 Å². The molecule has 0 bridgehead atoms. The quantitative estimate of drug-likeness (QED) is 0.517. The topological polar surface area (TPSA) is 50.7 Å². The highest BCUT2D eigenvalue weighted by Gasteiger charge is 2.29. The van der Waals surface area contributed by atoms with Crippen LogP contribution in [0, 0.1) is 11.7 Å². The van der Waals surface area contributed by atoms with E-state index >= 15 is 0 Å². The van der Waals surface area contributed by atoms with E-state index in [1.165, 1.54) is 30.6 Å². The first-order valence-corrected chi connectivity index (χ1v) is 7.82. The van der Waals surface area contributed by atoms with Crippen LogP contribution in [0.3, 0.4) is 0 Å². The maximum Gasteiger partial charge on any atom is 0.350 e. The third-order valence-electron chi connectivity index (χ3n) is 3.44. The van der Waals surface area contributed by atoms with E-state index in [-0.39, 0.29) is 11.8 Å². The SMILES string of the molecule is COC(=O)c1sccc1N/N=C(/c1ccc(F)cc1)C1CC1. The van der Waals surface area contributed by atoms with Crippen molar-refractivity contribution in [2.75, 3.05) is 12.5 Å². The maximum atomic E-state index is 13.1. The Morgan fingerprint density at radius 3 is 2.68 bits per heavy atom. The standard InChI is InChI=1S/C16H15FN2O2S/c1-21-16(20)15-13(8-9-22-15)18-19-14(10-2-3-10)11-4-6-12(17)7-5-11/h4-10,18H,2-3H2,1H3/b19-14+. The van der Waals surface area contributed by atoms with Gasteiger partial charge in [0.2, 0.25) is 0 Å². The Bertz CT molecular complexity index is 705. The van der Waals surface area contributed by atoms with Crippen LogP contribution in [0.25, 0.3) is 0 Å². The fourth-order valence-corrected chi connectivity index (χ4v) is 2.90. The summed E-state index contributed by atoms with van der Waals surface area (Å²) >= 11 is 1.30. The molecule has 0 spiro atoms. The summed E-state index contributed by atoms with van der Waals surface area (Å²) in [5.74, 6) is -0.265. The zero-order chi connectivity index (χ0) is 15.5. The molecular weight excluding hydrogens is 303 g/mol. The molecule has 6 heteroatoms. The Morgan fingerprint density at radius 1 is 1.32 bits per heavy atom. The molecule has 0 unspecified atom stereocenters. The highest BCUT2D eigenvalue weighted by atomic mass is 32.1. The van der Waals surface area contributed by atoms with Gasteiger partial charge in [-0.15, -0.1) is 11.3 Å². The first kappa shape index (κ1) is 14.7. The number of methoxy groups -OCH3 is 1. The monoisotopic (exact) mass is 318 g/mol. The fourth-order valence-electron chi connectivity index (χ4n) is 2.14. The lowest BCUT2D eigenvalue weighted by molar-refractivity contribution is 0.0607. The predicted molar refractivity (Wildman–Crippen MR) is 84.9 cm³/mol. The summed E-state index contributed by atoms with van der Waals surface area (Å²) in [6.07, 6.45) is 2.15. The number of nitrogens with one attached hydrogen (secondary N) is 1. The summed E-state index contributed by atoms with van der Waals surface area (Å²) in [6, 6.07) is 8.09. The van der Waals surface area contributed by atoms with E-state index in [0.29, 0.717) is 16.5 Å². The van der Waals surface area contributed by atoms with Crippen molar-refractivity contribution in [3.8, 4) is 0 Å². The number of halogens is 1. The van der Waals surface area contributed by atoms with E-state index in [9.17, 15) is 9.18 Å². The lowest BCUT2D eigenvalue weighted by Crippen LogP contribution is -2.08.